The van der Waals surface area contributed by atoms with Crippen molar-refractivity contribution in [2.24, 2.45) is 28.6 Å². The lowest BCUT2D eigenvalue weighted by atomic mass is 9.43. The molecule has 5 rings (SSSR count). The molecular weight excluding hydrogens is 448 g/mol. The second-order valence-corrected chi connectivity index (χ2v) is 12.1. The molecule has 0 saturated heterocycles. The minimum atomic E-state index is -0.982. The summed E-state index contributed by atoms with van der Waals surface area (Å²) >= 11 is 0. The predicted octanol–water partition coefficient (Wildman–Crippen LogP) is 4.66. The van der Waals surface area contributed by atoms with Crippen LogP contribution in [0, 0.1) is 28.6 Å². The Labute approximate surface area is 206 Å². The van der Waals surface area contributed by atoms with Crippen molar-refractivity contribution in [3.63, 3.8) is 0 Å². The largest absolute Gasteiger partial charge is 0.481 e. The van der Waals surface area contributed by atoms with Gasteiger partial charge in [-0.2, -0.15) is 0 Å². The fraction of sp³-hybridized carbons (Fsp3) is 0.750. The van der Waals surface area contributed by atoms with E-state index in [2.05, 4.69) is 13.8 Å². The van der Waals surface area contributed by atoms with Crippen LogP contribution in [0.1, 0.15) is 96.0 Å². The van der Waals surface area contributed by atoms with Crippen LogP contribution in [0.25, 0.3) is 0 Å². The number of ether oxygens (including phenoxy) is 1. The minimum absolute atomic E-state index is 0.0733. The number of carbonyl (C=O) groups is 2. The van der Waals surface area contributed by atoms with E-state index in [-0.39, 0.29) is 47.2 Å². The summed E-state index contributed by atoms with van der Waals surface area (Å²) < 4.78 is 10.8. The molecule has 35 heavy (non-hydrogen) atoms. The lowest BCUT2D eigenvalue weighted by molar-refractivity contribution is -0.207. The quantitative estimate of drug-likeness (QED) is 0.582. The number of rotatable bonds is 5. The molecule has 2 N–H and O–H groups in total. The van der Waals surface area contributed by atoms with Crippen LogP contribution in [0.3, 0.4) is 0 Å². The molecule has 8 atom stereocenters. The number of esters is 1. The molecule has 1 heterocycles. The summed E-state index contributed by atoms with van der Waals surface area (Å²) in [5.74, 6) is -0.0724. The molecule has 0 radical (unpaired) electrons. The zero-order chi connectivity index (χ0) is 25.0. The van der Waals surface area contributed by atoms with Crippen molar-refractivity contribution in [1.82, 2.24) is 0 Å². The minimum Gasteiger partial charge on any atom is -0.481 e. The lowest BCUT2D eigenvalue weighted by Gasteiger charge is -2.63. The maximum Gasteiger partial charge on any atom is 0.335 e. The highest BCUT2D eigenvalue weighted by atomic mass is 16.5. The third-order valence-corrected chi connectivity index (χ3v) is 10.8. The molecule has 0 aliphatic heterocycles. The van der Waals surface area contributed by atoms with Crippen LogP contribution in [0.5, 0.6) is 0 Å². The van der Waals surface area contributed by atoms with Gasteiger partial charge in [-0.3, -0.25) is 9.59 Å². The van der Waals surface area contributed by atoms with Gasteiger partial charge in [0.05, 0.1) is 24.7 Å². The van der Waals surface area contributed by atoms with Gasteiger partial charge >= 0.3 is 17.6 Å². The molecular formula is C28H38O7. The topological polar surface area (TPSA) is 114 Å². The Morgan fingerprint density at radius 2 is 1.83 bits per heavy atom. The zero-order valence-electron chi connectivity index (χ0n) is 20.8. The van der Waals surface area contributed by atoms with Crippen LogP contribution in [-0.2, 0) is 14.3 Å². The molecule has 4 saturated carbocycles. The van der Waals surface area contributed by atoms with Gasteiger partial charge in [0.1, 0.15) is 6.10 Å². The van der Waals surface area contributed by atoms with E-state index in [0.717, 1.165) is 63.4 Å². The van der Waals surface area contributed by atoms with Crippen LogP contribution >= 0.6 is 0 Å². The molecule has 0 aromatic carbocycles. The van der Waals surface area contributed by atoms with Gasteiger partial charge < -0.3 is 19.4 Å². The number of aliphatic hydroxyl groups is 1. The Hall–Kier alpha value is -2.15. The van der Waals surface area contributed by atoms with Crippen molar-refractivity contribution in [2.45, 2.75) is 102 Å². The van der Waals surface area contributed by atoms with Crippen molar-refractivity contribution in [2.75, 3.05) is 0 Å². The summed E-state index contributed by atoms with van der Waals surface area (Å²) in [4.78, 5) is 34.4. The van der Waals surface area contributed by atoms with Crippen LogP contribution in [-0.4, -0.2) is 33.9 Å². The van der Waals surface area contributed by atoms with Gasteiger partial charge in [-0.05, 0) is 98.5 Å². The monoisotopic (exact) mass is 486 g/mol. The average Bonchev–Trinajstić information content (AvgIpc) is 3.10. The number of fused-ring (bicyclic) bond motifs is 5. The molecule has 1 aromatic rings. The van der Waals surface area contributed by atoms with Crippen molar-refractivity contribution in [3.8, 4) is 0 Å². The summed E-state index contributed by atoms with van der Waals surface area (Å²) in [6.45, 7) is 4.63. The highest BCUT2D eigenvalue weighted by Crippen LogP contribution is 2.70. The van der Waals surface area contributed by atoms with Gasteiger partial charge in [0.25, 0.3) is 0 Å². The van der Waals surface area contributed by atoms with Crippen LogP contribution < -0.4 is 5.63 Å². The molecule has 7 nitrogen and oxygen atoms in total. The molecule has 192 valence electrons. The summed E-state index contributed by atoms with van der Waals surface area (Å²) in [5, 5.41) is 21.1. The Morgan fingerprint density at radius 3 is 2.54 bits per heavy atom. The molecule has 1 aromatic heterocycles. The van der Waals surface area contributed by atoms with E-state index in [1.54, 1.807) is 6.26 Å². The number of hydrogen-bond donors (Lipinski definition) is 2. The van der Waals surface area contributed by atoms with Crippen molar-refractivity contribution >= 4 is 11.9 Å². The summed E-state index contributed by atoms with van der Waals surface area (Å²) in [7, 11) is 0. The number of carboxylic acids is 1. The first kappa shape index (κ1) is 24.5. The van der Waals surface area contributed by atoms with Crippen LogP contribution in [0.4, 0.5) is 0 Å². The summed E-state index contributed by atoms with van der Waals surface area (Å²) in [6, 6.07) is 3.36. The van der Waals surface area contributed by atoms with Crippen molar-refractivity contribution in [3.05, 3.63) is 34.4 Å². The SMILES string of the molecule is C[C@]12CCC(OC(=O)CCC(=O)O)CC1CC[C@@H]1[C@@H]2CC[C@]2(C)[C@@H](c3ccc(=O)oc3)CC[C@]12O. The summed E-state index contributed by atoms with van der Waals surface area (Å²) in [5.41, 5.74) is -0.183. The summed E-state index contributed by atoms with van der Waals surface area (Å²) in [6.07, 6.45) is 9.50. The van der Waals surface area contributed by atoms with E-state index in [0.29, 0.717) is 11.8 Å². The maximum atomic E-state index is 12.3. The van der Waals surface area contributed by atoms with Gasteiger partial charge in [-0.15, -0.1) is 0 Å². The average molecular weight is 487 g/mol. The van der Waals surface area contributed by atoms with Gasteiger partial charge in [0.2, 0.25) is 0 Å². The van der Waals surface area contributed by atoms with E-state index in [9.17, 15) is 19.5 Å². The van der Waals surface area contributed by atoms with Gasteiger partial charge in [-0.1, -0.05) is 13.8 Å². The highest BCUT2D eigenvalue weighted by Gasteiger charge is 2.67. The van der Waals surface area contributed by atoms with Gasteiger partial charge in [0.15, 0.2) is 0 Å². The van der Waals surface area contributed by atoms with Crippen LogP contribution in [0.15, 0.2) is 27.6 Å². The van der Waals surface area contributed by atoms with E-state index >= 15 is 0 Å². The van der Waals surface area contributed by atoms with E-state index in [1.807, 2.05) is 6.07 Å². The van der Waals surface area contributed by atoms with E-state index in [1.165, 1.54) is 6.07 Å². The Balaban J connectivity index is 1.31. The maximum absolute atomic E-state index is 12.3. The Morgan fingerprint density at radius 1 is 1.03 bits per heavy atom. The first-order chi connectivity index (χ1) is 16.6. The molecule has 4 fully saturated rings. The molecule has 4 aliphatic rings. The Kier molecular flexibility index (Phi) is 6.14. The number of aliphatic carboxylic acids is 1. The molecule has 0 spiro atoms. The number of carbonyl (C=O) groups excluding carboxylic acids is 1. The number of hydrogen-bond acceptors (Lipinski definition) is 6. The lowest BCUT2D eigenvalue weighted by Crippen LogP contribution is -2.62. The standard InChI is InChI=1S/C28H38O7/c1-26-12-9-19(35-25(32)8-6-23(29)30)15-18(26)4-5-22-21(26)10-13-27(2)20(11-14-28(22,27)33)17-3-7-24(31)34-16-17/h3,7,16,18-22,33H,4-6,8-15H2,1-2H3,(H,29,30)/t18?,19?,20-,21+,22-,26+,27-,28+/m1/s1. The first-order valence-electron chi connectivity index (χ1n) is 13.3. The molecule has 0 amide bonds. The molecule has 7 heteroatoms. The normalized spacial score (nSPS) is 42.4. The van der Waals surface area contributed by atoms with Crippen molar-refractivity contribution in [1.29, 1.82) is 0 Å². The smallest absolute Gasteiger partial charge is 0.335 e. The third-order valence-electron chi connectivity index (χ3n) is 10.8. The Bertz CT molecular complexity index is 1030. The van der Waals surface area contributed by atoms with Gasteiger partial charge in [-0.25, -0.2) is 4.79 Å². The first-order valence-corrected chi connectivity index (χ1v) is 13.3. The van der Waals surface area contributed by atoms with Crippen LogP contribution in [0.2, 0.25) is 0 Å². The molecule has 0 bridgehead atoms. The van der Waals surface area contributed by atoms with E-state index in [4.69, 9.17) is 14.3 Å². The van der Waals surface area contributed by atoms with Crippen molar-refractivity contribution < 1.29 is 29.0 Å². The highest BCUT2D eigenvalue weighted by molar-refractivity contribution is 5.76. The molecule has 2 unspecified atom stereocenters. The zero-order valence-corrected chi connectivity index (χ0v) is 20.8. The predicted molar refractivity (Wildman–Crippen MR) is 128 cm³/mol. The van der Waals surface area contributed by atoms with E-state index < -0.39 is 17.5 Å². The van der Waals surface area contributed by atoms with Gasteiger partial charge in [0, 0.05) is 11.5 Å². The second kappa shape index (κ2) is 8.75. The fourth-order valence-corrected chi connectivity index (χ4v) is 8.85. The molecule has 4 aliphatic carbocycles. The number of carboxylic acid groups (broad SMARTS) is 1. The fourth-order valence-electron chi connectivity index (χ4n) is 8.85. The second-order valence-electron chi connectivity index (χ2n) is 12.1. The third kappa shape index (κ3) is 3.94.